The number of hydrogen-bond acceptors (Lipinski definition) is 1. The number of quaternary nitrogens is 1. The lowest BCUT2D eigenvalue weighted by atomic mass is 10.5. The normalized spacial score (nSPS) is 11.4. The Morgan fingerprint density at radius 1 is 1.50 bits per heavy atom. The monoisotopic (exact) mass is 133 g/mol. The lowest BCUT2D eigenvalue weighted by molar-refractivity contribution is -0.860. The average Bonchev–Trinajstić information content (AvgIpc) is 1.21. The van der Waals surface area contributed by atoms with Crippen LogP contribution in [0, 0.1) is 0 Å². The average molecular weight is 133 g/mol. The molecule has 0 rings (SSSR count). The Morgan fingerprint density at radius 2 is 1.88 bits per heavy atom. The minimum absolute atomic E-state index is 0.581. The van der Waals surface area contributed by atoms with Gasteiger partial charge in [0.15, 0.2) is 0 Å². The van der Waals surface area contributed by atoms with E-state index in [0.29, 0.717) is 4.99 Å². The van der Waals surface area contributed by atoms with Crippen molar-refractivity contribution in [3.63, 3.8) is 0 Å². The van der Waals surface area contributed by atoms with Gasteiger partial charge in [-0.05, 0) is 0 Å². The van der Waals surface area contributed by atoms with Crippen molar-refractivity contribution in [2.24, 2.45) is 5.73 Å². The standard InChI is InChI=1S/C5H12N2S/c1-7(2,3)4-5(6)8/h4H2,1-3H3,(H-,6,8)/p+1. The van der Waals surface area contributed by atoms with E-state index in [-0.39, 0.29) is 0 Å². The van der Waals surface area contributed by atoms with E-state index in [0.717, 1.165) is 11.0 Å². The fraction of sp³-hybridized carbons (Fsp3) is 0.800. The molecule has 0 aromatic heterocycles. The van der Waals surface area contributed by atoms with Crippen molar-refractivity contribution in [3.8, 4) is 0 Å². The van der Waals surface area contributed by atoms with Crippen molar-refractivity contribution in [3.05, 3.63) is 0 Å². The summed E-state index contributed by atoms with van der Waals surface area (Å²) in [4.78, 5) is 0.581. The molecule has 2 N–H and O–H groups in total. The second-order valence-electron chi connectivity index (χ2n) is 2.91. The lowest BCUT2D eigenvalue weighted by Gasteiger charge is -2.22. The topological polar surface area (TPSA) is 26.0 Å². The third kappa shape index (κ3) is 5.85. The first-order valence-electron chi connectivity index (χ1n) is 2.50. The van der Waals surface area contributed by atoms with Crippen molar-refractivity contribution < 1.29 is 4.48 Å². The maximum Gasteiger partial charge on any atom is 0.129 e. The summed E-state index contributed by atoms with van der Waals surface area (Å²) in [5, 5.41) is 0. The number of rotatable bonds is 2. The Labute approximate surface area is 55.9 Å². The van der Waals surface area contributed by atoms with Crippen molar-refractivity contribution >= 4 is 17.2 Å². The molecule has 0 amide bonds. The zero-order valence-corrected chi connectivity index (χ0v) is 6.46. The molecule has 48 valence electrons. The van der Waals surface area contributed by atoms with Gasteiger partial charge in [0.1, 0.15) is 11.5 Å². The Balaban J connectivity index is 3.55. The molecule has 0 aliphatic carbocycles. The van der Waals surface area contributed by atoms with Crippen LogP contribution in [0.5, 0.6) is 0 Å². The number of likely N-dealkylation sites (N-methyl/N-ethyl adjacent to an activating group) is 1. The molecule has 0 saturated heterocycles. The highest BCUT2D eigenvalue weighted by molar-refractivity contribution is 7.80. The molecule has 0 bridgehead atoms. The van der Waals surface area contributed by atoms with Crippen LogP contribution in [0.3, 0.4) is 0 Å². The summed E-state index contributed by atoms with van der Waals surface area (Å²) >= 11 is 4.71. The molecule has 0 fully saturated rings. The second-order valence-corrected chi connectivity index (χ2v) is 3.44. The molecule has 0 aromatic rings. The van der Waals surface area contributed by atoms with Gasteiger partial charge in [-0.25, -0.2) is 0 Å². The molecule has 0 aromatic carbocycles. The molecular weight excluding hydrogens is 120 g/mol. The number of thiocarbonyl (C=S) groups is 1. The van der Waals surface area contributed by atoms with Gasteiger partial charge in [-0.1, -0.05) is 12.2 Å². The molecule has 3 heteroatoms. The highest BCUT2D eigenvalue weighted by Gasteiger charge is 2.06. The zero-order valence-electron chi connectivity index (χ0n) is 5.64. The van der Waals surface area contributed by atoms with Gasteiger partial charge >= 0.3 is 0 Å². The van der Waals surface area contributed by atoms with Gasteiger partial charge in [0.05, 0.1) is 21.1 Å². The van der Waals surface area contributed by atoms with Crippen molar-refractivity contribution in [1.82, 2.24) is 0 Å². The maximum atomic E-state index is 5.29. The van der Waals surface area contributed by atoms with Gasteiger partial charge in [-0.3, -0.25) is 0 Å². The van der Waals surface area contributed by atoms with E-state index in [2.05, 4.69) is 21.1 Å². The number of nitrogens with two attached hydrogens (primary N) is 1. The predicted octanol–water partition coefficient (Wildman–Crippen LogP) is -0.0213. The molecule has 0 aliphatic heterocycles. The van der Waals surface area contributed by atoms with E-state index in [9.17, 15) is 0 Å². The Morgan fingerprint density at radius 3 is 1.88 bits per heavy atom. The summed E-state index contributed by atoms with van der Waals surface area (Å²) in [6.07, 6.45) is 0. The summed E-state index contributed by atoms with van der Waals surface area (Å²) < 4.78 is 0.815. The molecule has 0 aliphatic rings. The van der Waals surface area contributed by atoms with Gasteiger partial charge < -0.3 is 10.2 Å². The van der Waals surface area contributed by atoms with E-state index in [1.54, 1.807) is 0 Å². The first kappa shape index (κ1) is 7.85. The van der Waals surface area contributed by atoms with Gasteiger partial charge in [-0.2, -0.15) is 0 Å². The first-order chi connectivity index (χ1) is 3.42. The molecule has 0 radical (unpaired) electrons. The number of hydrogen-bond donors (Lipinski definition) is 1. The molecule has 8 heavy (non-hydrogen) atoms. The number of nitrogens with zero attached hydrogens (tertiary/aromatic N) is 1. The minimum atomic E-state index is 0.581. The van der Waals surface area contributed by atoms with Gasteiger partial charge in [0.25, 0.3) is 0 Å². The van der Waals surface area contributed by atoms with Crippen molar-refractivity contribution in [1.29, 1.82) is 0 Å². The summed E-state index contributed by atoms with van der Waals surface area (Å²) in [6.45, 7) is 0.773. The Bertz CT molecular complexity index is 93.1. The third-order valence-electron chi connectivity index (χ3n) is 0.630. The minimum Gasteiger partial charge on any atom is -0.389 e. The first-order valence-corrected chi connectivity index (χ1v) is 2.91. The van der Waals surface area contributed by atoms with Crippen LogP contribution in [0.2, 0.25) is 0 Å². The molecule has 0 unspecified atom stereocenters. The van der Waals surface area contributed by atoms with E-state index in [4.69, 9.17) is 18.0 Å². The highest BCUT2D eigenvalue weighted by atomic mass is 32.1. The molecule has 0 spiro atoms. The van der Waals surface area contributed by atoms with Crippen LogP contribution < -0.4 is 5.73 Å². The third-order valence-corrected chi connectivity index (χ3v) is 0.759. The van der Waals surface area contributed by atoms with Crippen LogP contribution in [0.1, 0.15) is 0 Å². The molecule has 0 saturated carbocycles. The van der Waals surface area contributed by atoms with E-state index in [1.807, 2.05) is 0 Å². The Kier molecular flexibility index (Phi) is 2.37. The van der Waals surface area contributed by atoms with E-state index < -0.39 is 0 Å². The fourth-order valence-corrected chi connectivity index (χ4v) is 0.855. The van der Waals surface area contributed by atoms with Crippen LogP contribution >= 0.6 is 12.2 Å². The summed E-state index contributed by atoms with van der Waals surface area (Å²) in [6, 6.07) is 0. The van der Waals surface area contributed by atoms with Crippen LogP contribution in [0.15, 0.2) is 0 Å². The summed E-state index contributed by atoms with van der Waals surface area (Å²) in [5.41, 5.74) is 5.29. The lowest BCUT2D eigenvalue weighted by Crippen LogP contribution is -2.41. The van der Waals surface area contributed by atoms with Crippen LogP contribution in [-0.2, 0) is 0 Å². The predicted molar refractivity (Wildman–Crippen MR) is 39.7 cm³/mol. The van der Waals surface area contributed by atoms with Gasteiger partial charge in [0, 0.05) is 0 Å². The molecule has 0 atom stereocenters. The van der Waals surface area contributed by atoms with E-state index in [1.165, 1.54) is 0 Å². The van der Waals surface area contributed by atoms with Gasteiger partial charge in [-0.15, -0.1) is 0 Å². The Hall–Kier alpha value is -0.150. The summed E-state index contributed by atoms with van der Waals surface area (Å²) in [5.74, 6) is 0. The summed E-state index contributed by atoms with van der Waals surface area (Å²) in [7, 11) is 6.16. The van der Waals surface area contributed by atoms with Gasteiger partial charge in [0.2, 0.25) is 0 Å². The smallest absolute Gasteiger partial charge is 0.129 e. The molecule has 2 nitrogen and oxygen atoms in total. The van der Waals surface area contributed by atoms with Crippen molar-refractivity contribution in [2.75, 3.05) is 27.7 Å². The SMILES string of the molecule is C[N+](C)(C)CC(N)=S. The van der Waals surface area contributed by atoms with Crippen molar-refractivity contribution in [2.45, 2.75) is 0 Å². The molecule has 0 heterocycles. The fourth-order valence-electron chi connectivity index (χ4n) is 0.468. The van der Waals surface area contributed by atoms with Crippen LogP contribution in [-0.4, -0.2) is 37.2 Å². The highest BCUT2D eigenvalue weighted by Crippen LogP contribution is 1.86. The second kappa shape index (κ2) is 2.42. The van der Waals surface area contributed by atoms with Crippen LogP contribution in [0.4, 0.5) is 0 Å². The largest absolute Gasteiger partial charge is 0.389 e. The van der Waals surface area contributed by atoms with E-state index >= 15 is 0 Å². The van der Waals surface area contributed by atoms with Crippen LogP contribution in [0.25, 0.3) is 0 Å². The maximum absolute atomic E-state index is 5.29. The quantitative estimate of drug-likeness (QED) is 0.423. The zero-order chi connectivity index (χ0) is 6.78. The molecular formula is C5H13N2S+.